The first-order valence-corrected chi connectivity index (χ1v) is 14.4. The van der Waals surface area contributed by atoms with Crippen LogP contribution in [0.25, 0.3) is 0 Å². The van der Waals surface area contributed by atoms with E-state index in [1.54, 1.807) is 24.4 Å². The first kappa shape index (κ1) is 31.3. The van der Waals surface area contributed by atoms with Crippen molar-refractivity contribution in [3.63, 3.8) is 0 Å². The summed E-state index contributed by atoms with van der Waals surface area (Å²) in [7, 11) is 1.88. The second-order valence-corrected chi connectivity index (χ2v) is 11.7. The number of carbonyl (C=O) groups is 3. The van der Waals surface area contributed by atoms with E-state index in [0.717, 1.165) is 23.4 Å². The Morgan fingerprint density at radius 3 is 2.37 bits per heavy atom. The van der Waals surface area contributed by atoms with E-state index in [9.17, 15) is 19.5 Å². The van der Waals surface area contributed by atoms with E-state index in [1.165, 1.54) is 11.3 Å². The second-order valence-electron chi connectivity index (χ2n) is 10.8. The fourth-order valence-corrected chi connectivity index (χ4v) is 5.26. The highest BCUT2D eigenvalue weighted by molar-refractivity contribution is 7.09. The number of anilines is 1. The van der Waals surface area contributed by atoms with Crippen LogP contribution in [-0.4, -0.2) is 51.9 Å². The molecule has 0 fully saturated rings. The van der Waals surface area contributed by atoms with Crippen molar-refractivity contribution in [2.24, 2.45) is 17.8 Å². The summed E-state index contributed by atoms with van der Waals surface area (Å²) in [5, 5.41) is 15.0. The lowest BCUT2D eigenvalue weighted by Crippen LogP contribution is -2.41. The number of nitrogen functional groups attached to an aromatic ring is 1. The van der Waals surface area contributed by atoms with Gasteiger partial charge >= 0.3 is 5.97 Å². The Kier molecular flexibility index (Phi) is 12.2. The van der Waals surface area contributed by atoms with Gasteiger partial charge in [-0.3, -0.25) is 14.4 Å². The van der Waals surface area contributed by atoms with Crippen LogP contribution < -0.4 is 11.1 Å². The van der Waals surface area contributed by atoms with E-state index < -0.39 is 11.9 Å². The largest absolute Gasteiger partial charge is 0.481 e. The van der Waals surface area contributed by atoms with Gasteiger partial charge in [0, 0.05) is 43.0 Å². The number of aryl methyl sites for hydroxylation is 1. The van der Waals surface area contributed by atoms with Gasteiger partial charge in [0.05, 0.1) is 10.9 Å². The number of carbonyl (C=O) groups excluding carboxylic acids is 2. The number of carboxylic acids is 1. The number of aromatic nitrogens is 1. The molecule has 0 aliphatic carbocycles. The Hall–Kier alpha value is -2.94. The number of carboxylic acid groups (broad SMARTS) is 1. The summed E-state index contributed by atoms with van der Waals surface area (Å²) in [5.41, 5.74) is 7.72. The zero-order valence-electron chi connectivity index (χ0n) is 23.6. The third kappa shape index (κ3) is 9.74. The normalized spacial score (nSPS) is 14.5. The number of hydrogen-bond acceptors (Lipinski definition) is 6. The Morgan fingerprint density at radius 1 is 1.13 bits per heavy atom. The molecule has 9 heteroatoms. The number of nitrogens with two attached hydrogens (primary N) is 1. The highest BCUT2D eigenvalue weighted by Crippen LogP contribution is 2.21. The molecule has 2 rings (SSSR count). The van der Waals surface area contributed by atoms with Gasteiger partial charge in [0.25, 0.3) is 5.91 Å². The van der Waals surface area contributed by atoms with Gasteiger partial charge in [-0.25, -0.2) is 4.98 Å². The predicted octanol–water partition coefficient (Wildman–Crippen LogP) is 5.03. The van der Waals surface area contributed by atoms with Gasteiger partial charge < -0.3 is 21.1 Å². The van der Waals surface area contributed by atoms with E-state index in [-0.39, 0.29) is 23.9 Å². The Bertz CT molecular complexity index is 1050. The van der Waals surface area contributed by atoms with Crippen LogP contribution >= 0.6 is 11.3 Å². The number of benzene rings is 1. The second kappa shape index (κ2) is 14.9. The molecular weight excluding hydrogens is 500 g/mol. The van der Waals surface area contributed by atoms with E-state index in [1.807, 2.05) is 24.1 Å². The molecular formula is C29H44N4O4S. The third-order valence-corrected chi connectivity index (χ3v) is 8.08. The van der Waals surface area contributed by atoms with Crippen molar-refractivity contribution >= 4 is 34.8 Å². The topological polar surface area (TPSA) is 126 Å². The molecule has 2 aromatic rings. The lowest BCUT2D eigenvalue weighted by Gasteiger charge is -2.32. The van der Waals surface area contributed by atoms with Crippen LogP contribution in [0.3, 0.4) is 0 Å². The fourth-order valence-electron chi connectivity index (χ4n) is 4.47. The summed E-state index contributed by atoms with van der Waals surface area (Å²) in [6.07, 6.45) is 3.77. The van der Waals surface area contributed by atoms with E-state index >= 15 is 0 Å². The van der Waals surface area contributed by atoms with Crippen molar-refractivity contribution in [3.05, 3.63) is 45.9 Å². The van der Waals surface area contributed by atoms with Crippen LogP contribution in [0.5, 0.6) is 0 Å². The van der Waals surface area contributed by atoms with Crippen LogP contribution in [0.1, 0.15) is 81.4 Å². The average molecular weight is 545 g/mol. The molecule has 1 aromatic heterocycles. The highest BCUT2D eigenvalue weighted by Gasteiger charge is 2.25. The molecule has 0 aliphatic heterocycles. The maximum atomic E-state index is 13.1. The summed E-state index contributed by atoms with van der Waals surface area (Å²) in [5.74, 6) is -0.987. The first-order chi connectivity index (χ1) is 17.9. The molecule has 38 heavy (non-hydrogen) atoms. The molecule has 1 aromatic carbocycles. The van der Waals surface area contributed by atoms with Crippen molar-refractivity contribution in [2.75, 3.05) is 12.8 Å². The van der Waals surface area contributed by atoms with Crippen molar-refractivity contribution in [2.45, 2.75) is 85.2 Å². The molecule has 2 amide bonds. The van der Waals surface area contributed by atoms with Gasteiger partial charge in [-0.05, 0) is 48.8 Å². The Labute approximate surface area is 231 Å². The van der Waals surface area contributed by atoms with E-state index in [0.29, 0.717) is 48.9 Å². The zero-order chi connectivity index (χ0) is 28.4. The molecule has 0 unspecified atom stereocenters. The molecule has 0 aliphatic rings. The summed E-state index contributed by atoms with van der Waals surface area (Å²) in [6, 6.07) is 7.09. The molecule has 210 valence electrons. The number of rotatable bonds is 15. The van der Waals surface area contributed by atoms with Crippen molar-refractivity contribution in [1.82, 2.24) is 15.2 Å². The fraction of sp³-hybridized carbons (Fsp3) is 0.586. The molecule has 0 radical (unpaired) electrons. The molecule has 4 atom stereocenters. The maximum absolute atomic E-state index is 13.1. The summed E-state index contributed by atoms with van der Waals surface area (Å²) >= 11 is 1.43. The smallest absolute Gasteiger partial charge is 0.306 e. The first-order valence-electron chi connectivity index (χ1n) is 13.5. The molecule has 0 bridgehead atoms. The summed E-state index contributed by atoms with van der Waals surface area (Å²) < 4.78 is 0. The molecule has 1 heterocycles. The molecule has 0 saturated heterocycles. The van der Waals surface area contributed by atoms with Crippen LogP contribution in [0.2, 0.25) is 0 Å². The average Bonchev–Trinajstić information content (AvgIpc) is 3.34. The minimum Gasteiger partial charge on any atom is -0.481 e. The van der Waals surface area contributed by atoms with Crippen LogP contribution in [-0.2, 0) is 22.4 Å². The van der Waals surface area contributed by atoms with Crippen molar-refractivity contribution < 1.29 is 19.5 Å². The number of hydrogen-bond donors (Lipinski definition) is 3. The van der Waals surface area contributed by atoms with Gasteiger partial charge in [-0.1, -0.05) is 53.2 Å². The number of amides is 2. The lowest BCUT2D eigenvalue weighted by molar-refractivity contribution is -0.141. The monoisotopic (exact) mass is 544 g/mol. The van der Waals surface area contributed by atoms with Crippen molar-refractivity contribution in [3.8, 4) is 0 Å². The summed E-state index contributed by atoms with van der Waals surface area (Å²) in [4.78, 5) is 43.7. The number of nitrogens with zero attached hydrogens (tertiary/aromatic N) is 2. The Morgan fingerprint density at radius 2 is 1.79 bits per heavy atom. The van der Waals surface area contributed by atoms with E-state index in [4.69, 9.17) is 5.73 Å². The van der Waals surface area contributed by atoms with Gasteiger partial charge in [0.1, 0.15) is 5.69 Å². The van der Waals surface area contributed by atoms with Gasteiger partial charge in [0.2, 0.25) is 5.91 Å². The predicted molar refractivity (Wildman–Crippen MR) is 153 cm³/mol. The van der Waals surface area contributed by atoms with Crippen LogP contribution in [0.15, 0.2) is 29.6 Å². The lowest BCUT2D eigenvalue weighted by atomic mass is 9.96. The van der Waals surface area contributed by atoms with Gasteiger partial charge in [0.15, 0.2) is 0 Å². The van der Waals surface area contributed by atoms with Crippen LogP contribution in [0, 0.1) is 17.8 Å². The van der Waals surface area contributed by atoms with Crippen molar-refractivity contribution in [1.29, 1.82) is 0 Å². The quantitative estimate of drug-likeness (QED) is 0.270. The number of thiazole rings is 1. The third-order valence-electron chi connectivity index (χ3n) is 7.18. The number of nitrogens with one attached hydrogen (secondary N) is 1. The zero-order valence-corrected chi connectivity index (χ0v) is 24.4. The summed E-state index contributed by atoms with van der Waals surface area (Å²) in [6.45, 7) is 10.1. The molecule has 8 nitrogen and oxygen atoms in total. The molecule has 4 N–H and O–H groups in total. The van der Waals surface area contributed by atoms with E-state index in [2.05, 4.69) is 38.0 Å². The van der Waals surface area contributed by atoms with Crippen LogP contribution in [0.4, 0.5) is 5.69 Å². The Balaban J connectivity index is 2.04. The SMILES string of the molecule is CC[C@H](C)CC(=O)N(C)[C@H](CCc1nc(C(=O)N[C@@H](Cc2ccc(N)cc2)C[C@H](C)C(=O)O)cs1)C(C)C. The van der Waals surface area contributed by atoms with Gasteiger partial charge in [-0.2, -0.15) is 0 Å². The minimum atomic E-state index is -0.898. The van der Waals surface area contributed by atoms with Gasteiger partial charge in [-0.15, -0.1) is 11.3 Å². The minimum absolute atomic E-state index is 0.0922. The maximum Gasteiger partial charge on any atom is 0.306 e. The standard InChI is InChI=1S/C29H44N4O4S/c1-7-19(4)14-27(34)33(6)25(18(2)3)12-13-26-32-24(17-38-26)28(35)31-23(15-20(5)29(36)37)16-21-8-10-22(30)11-9-21/h8-11,17-20,23,25H,7,12-16,30H2,1-6H3,(H,31,35)(H,36,37)/t19-,20-,23+,25+/m0/s1. The highest BCUT2D eigenvalue weighted by atomic mass is 32.1. The molecule has 0 saturated carbocycles. The number of aliphatic carboxylic acids is 1. The molecule has 0 spiro atoms.